The van der Waals surface area contributed by atoms with Crippen molar-refractivity contribution in [3.8, 4) is 0 Å². The first-order valence-corrected chi connectivity index (χ1v) is 5.80. The van der Waals surface area contributed by atoms with Gasteiger partial charge in [-0.15, -0.1) is 0 Å². The van der Waals surface area contributed by atoms with E-state index in [0.29, 0.717) is 24.0 Å². The molecule has 74 valence electrons. The maximum absolute atomic E-state index is 11.4. The number of hydrogen-bond donors (Lipinski definition) is 0. The maximum atomic E-state index is 11.4. The van der Waals surface area contributed by atoms with E-state index in [-0.39, 0.29) is 0 Å². The molecule has 0 spiro atoms. The van der Waals surface area contributed by atoms with Crippen molar-refractivity contribution < 1.29 is 4.79 Å². The smallest absolute Gasteiger partial charge is 0.136 e. The Balaban J connectivity index is 2.06. The molecule has 2 atom stereocenters. The minimum absolute atomic E-state index is 0.307. The van der Waals surface area contributed by atoms with Crippen molar-refractivity contribution in [1.29, 1.82) is 0 Å². The molecule has 0 amide bonds. The molecule has 0 heterocycles. The Labute approximate surface area is 92.6 Å². The Morgan fingerprint density at radius 1 is 1.43 bits per heavy atom. The minimum atomic E-state index is 0.307. The number of hydrogen-bond acceptors (Lipinski definition) is 1. The van der Waals surface area contributed by atoms with Crippen LogP contribution in [0.5, 0.6) is 0 Å². The first-order valence-electron chi connectivity index (χ1n) is 5.00. The second-order valence-electron chi connectivity index (χ2n) is 3.82. The van der Waals surface area contributed by atoms with E-state index in [4.69, 9.17) is 0 Å². The van der Waals surface area contributed by atoms with Crippen molar-refractivity contribution in [3.05, 3.63) is 34.3 Å². The summed E-state index contributed by atoms with van der Waals surface area (Å²) >= 11 is 3.41. The fourth-order valence-electron chi connectivity index (χ4n) is 1.89. The van der Waals surface area contributed by atoms with Crippen molar-refractivity contribution in [2.75, 3.05) is 0 Å². The highest BCUT2D eigenvalue weighted by Gasteiger charge is 2.42. The number of ketones is 1. The van der Waals surface area contributed by atoms with Gasteiger partial charge in [-0.3, -0.25) is 4.79 Å². The van der Waals surface area contributed by atoms with Crippen LogP contribution in [0.25, 0.3) is 0 Å². The normalized spacial score (nSPS) is 24.7. The quantitative estimate of drug-likeness (QED) is 0.805. The van der Waals surface area contributed by atoms with Gasteiger partial charge in [0.1, 0.15) is 5.78 Å². The van der Waals surface area contributed by atoms with Crippen LogP contribution in [0.2, 0.25) is 0 Å². The molecule has 1 aromatic carbocycles. The fraction of sp³-hybridized carbons (Fsp3) is 0.417. The molecule has 2 rings (SSSR count). The Morgan fingerprint density at radius 3 is 2.64 bits per heavy atom. The van der Waals surface area contributed by atoms with E-state index in [0.717, 1.165) is 10.9 Å². The summed E-state index contributed by atoms with van der Waals surface area (Å²) in [5.74, 6) is 1.22. The van der Waals surface area contributed by atoms with Gasteiger partial charge in [-0.25, -0.2) is 0 Å². The SMILES string of the molecule is CCC(=O)C1CC1c1ccc(Br)cc1. The van der Waals surface area contributed by atoms with Crippen molar-refractivity contribution in [2.24, 2.45) is 5.92 Å². The topological polar surface area (TPSA) is 17.1 Å². The summed E-state index contributed by atoms with van der Waals surface area (Å²) in [6.07, 6.45) is 1.73. The Morgan fingerprint density at radius 2 is 2.07 bits per heavy atom. The third-order valence-electron chi connectivity index (χ3n) is 2.85. The van der Waals surface area contributed by atoms with Gasteiger partial charge in [-0.2, -0.15) is 0 Å². The average molecular weight is 253 g/mol. The molecule has 1 aromatic rings. The largest absolute Gasteiger partial charge is 0.299 e. The highest BCUT2D eigenvalue weighted by Crippen LogP contribution is 2.48. The number of Topliss-reactive ketones (excluding diaryl/α,β-unsaturated/α-hetero) is 1. The predicted octanol–water partition coefficient (Wildman–Crippen LogP) is 3.53. The molecular formula is C12H13BrO. The van der Waals surface area contributed by atoms with Crippen molar-refractivity contribution in [2.45, 2.75) is 25.7 Å². The first kappa shape index (κ1) is 9.91. The summed E-state index contributed by atoms with van der Waals surface area (Å²) in [7, 11) is 0. The summed E-state index contributed by atoms with van der Waals surface area (Å²) in [4.78, 5) is 11.4. The number of carbonyl (C=O) groups excluding carboxylic acids is 1. The monoisotopic (exact) mass is 252 g/mol. The van der Waals surface area contributed by atoms with Gasteiger partial charge in [-0.1, -0.05) is 35.0 Å². The van der Waals surface area contributed by atoms with Gasteiger partial charge in [0.25, 0.3) is 0 Å². The highest BCUT2D eigenvalue weighted by molar-refractivity contribution is 9.10. The van der Waals surface area contributed by atoms with Crippen LogP contribution >= 0.6 is 15.9 Å². The third-order valence-corrected chi connectivity index (χ3v) is 3.38. The third kappa shape index (κ3) is 1.90. The van der Waals surface area contributed by atoms with E-state index >= 15 is 0 Å². The van der Waals surface area contributed by atoms with Crippen LogP contribution in [0.15, 0.2) is 28.7 Å². The van der Waals surface area contributed by atoms with Crippen LogP contribution < -0.4 is 0 Å². The molecule has 1 aliphatic rings. The van der Waals surface area contributed by atoms with E-state index in [9.17, 15) is 4.79 Å². The van der Waals surface area contributed by atoms with Gasteiger partial charge in [0.2, 0.25) is 0 Å². The van der Waals surface area contributed by atoms with E-state index in [1.54, 1.807) is 0 Å². The lowest BCUT2D eigenvalue weighted by Crippen LogP contribution is -1.99. The lowest BCUT2D eigenvalue weighted by atomic mass is 10.1. The van der Waals surface area contributed by atoms with Gasteiger partial charge in [0.15, 0.2) is 0 Å². The van der Waals surface area contributed by atoms with Crippen LogP contribution in [-0.4, -0.2) is 5.78 Å². The standard InChI is InChI=1S/C12H13BrO/c1-2-12(14)11-7-10(11)8-3-5-9(13)6-4-8/h3-6,10-11H,2,7H2,1H3. The number of halogens is 1. The average Bonchev–Trinajstić information content (AvgIpc) is 2.98. The van der Waals surface area contributed by atoms with Gasteiger partial charge in [-0.05, 0) is 30.0 Å². The van der Waals surface area contributed by atoms with Gasteiger partial charge in [0, 0.05) is 16.8 Å². The summed E-state index contributed by atoms with van der Waals surface area (Å²) in [6.45, 7) is 1.94. The highest BCUT2D eigenvalue weighted by atomic mass is 79.9. The summed E-state index contributed by atoms with van der Waals surface area (Å²) < 4.78 is 1.10. The molecule has 0 N–H and O–H groups in total. The number of rotatable bonds is 3. The molecule has 1 saturated carbocycles. The zero-order valence-corrected chi connectivity index (χ0v) is 9.75. The van der Waals surface area contributed by atoms with Crippen LogP contribution in [0.1, 0.15) is 31.2 Å². The maximum Gasteiger partial charge on any atom is 0.136 e. The zero-order chi connectivity index (χ0) is 10.1. The van der Waals surface area contributed by atoms with Crippen LogP contribution in [0.4, 0.5) is 0 Å². The van der Waals surface area contributed by atoms with E-state index < -0.39 is 0 Å². The molecular weight excluding hydrogens is 240 g/mol. The summed E-state index contributed by atoms with van der Waals surface area (Å²) in [5, 5.41) is 0. The van der Waals surface area contributed by atoms with Gasteiger partial charge < -0.3 is 0 Å². The molecule has 14 heavy (non-hydrogen) atoms. The van der Waals surface area contributed by atoms with Crippen LogP contribution in [0.3, 0.4) is 0 Å². The van der Waals surface area contributed by atoms with Crippen LogP contribution in [-0.2, 0) is 4.79 Å². The lowest BCUT2D eigenvalue weighted by Gasteiger charge is -1.99. The second-order valence-corrected chi connectivity index (χ2v) is 4.74. The summed E-state index contributed by atoms with van der Waals surface area (Å²) in [6, 6.07) is 8.30. The summed E-state index contributed by atoms with van der Waals surface area (Å²) in [5.41, 5.74) is 1.31. The van der Waals surface area contributed by atoms with E-state index in [1.807, 2.05) is 19.1 Å². The molecule has 1 aliphatic carbocycles. The van der Waals surface area contributed by atoms with Crippen molar-refractivity contribution >= 4 is 21.7 Å². The number of benzene rings is 1. The number of carbonyl (C=O) groups is 1. The Kier molecular flexibility index (Phi) is 2.73. The molecule has 2 heteroatoms. The lowest BCUT2D eigenvalue weighted by molar-refractivity contribution is -0.120. The van der Waals surface area contributed by atoms with Crippen molar-refractivity contribution in [1.82, 2.24) is 0 Å². The molecule has 0 bridgehead atoms. The second kappa shape index (κ2) is 3.85. The Hall–Kier alpha value is -0.630. The van der Waals surface area contributed by atoms with Gasteiger partial charge in [0.05, 0.1) is 0 Å². The molecule has 0 aromatic heterocycles. The molecule has 0 radical (unpaired) electrons. The van der Waals surface area contributed by atoms with E-state index in [2.05, 4.69) is 28.1 Å². The fourth-order valence-corrected chi connectivity index (χ4v) is 2.16. The minimum Gasteiger partial charge on any atom is -0.299 e. The molecule has 1 nitrogen and oxygen atoms in total. The zero-order valence-electron chi connectivity index (χ0n) is 8.16. The molecule has 0 saturated heterocycles. The molecule has 0 aliphatic heterocycles. The first-order chi connectivity index (χ1) is 6.72. The molecule has 2 unspecified atom stereocenters. The Bertz CT molecular complexity index is 342. The van der Waals surface area contributed by atoms with Crippen LogP contribution in [0, 0.1) is 5.92 Å². The predicted molar refractivity (Wildman–Crippen MR) is 60.3 cm³/mol. The molecule has 1 fully saturated rings. The van der Waals surface area contributed by atoms with Gasteiger partial charge >= 0.3 is 0 Å². The van der Waals surface area contributed by atoms with Crippen molar-refractivity contribution in [3.63, 3.8) is 0 Å². The van der Waals surface area contributed by atoms with E-state index in [1.165, 1.54) is 5.56 Å².